The van der Waals surface area contributed by atoms with Crippen LogP contribution < -0.4 is 5.32 Å². The lowest BCUT2D eigenvalue weighted by atomic mass is 10.2. The summed E-state index contributed by atoms with van der Waals surface area (Å²) in [6.07, 6.45) is 5.11. The molecule has 4 nitrogen and oxygen atoms in total. The lowest BCUT2D eigenvalue weighted by Crippen LogP contribution is -2.22. The predicted molar refractivity (Wildman–Crippen MR) is 67.0 cm³/mol. The zero-order valence-corrected chi connectivity index (χ0v) is 10.7. The van der Waals surface area contributed by atoms with Gasteiger partial charge in [0.05, 0.1) is 24.0 Å². The van der Waals surface area contributed by atoms with Crippen molar-refractivity contribution in [3.05, 3.63) is 41.1 Å². The van der Waals surface area contributed by atoms with Crippen molar-refractivity contribution in [1.82, 2.24) is 15.1 Å². The summed E-state index contributed by atoms with van der Waals surface area (Å²) in [6.45, 7) is 5.65. The fourth-order valence-electron chi connectivity index (χ4n) is 1.55. The van der Waals surface area contributed by atoms with Gasteiger partial charge in [-0.2, -0.15) is 5.10 Å². The van der Waals surface area contributed by atoms with Gasteiger partial charge >= 0.3 is 0 Å². The standard InChI is InChI=1S/C12H16ClN3O/c1-9(2)14-5-10-3-4-17-12(10)8-16-7-11(13)6-15-16/h3-4,6-7,9,14H,5,8H2,1-2H3. The molecule has 0 radical (unpaired) electrons. The molecule has 0 atom stereocenters. The second-order valence-electron chi connectivity index (χ2n) is 4.26. The molecule has 2 aromatic heterocycles. The van der Waals surface area contributed by atoms with Crippen molar-refractivity contribution in [2.24, 2.45) is 0 Å². The molecule has 92 valence electrons. The summed E-state index contributed by atoms with van der Waals surface area (Å²) in [6, 6.07) is 2.44. The van der Waals surface area contributed by atoms with Gasteiger partial charge in [0.25, 0.3) is 0 Å². The molecule has 5 heteroatoms. The van der Waals surface area contributed by atoms with Crippen molar-refractivity contribution in [2.75, 3.05) is 0 Å². The Morgan fingerprint density at radius 1 is 1.53 bits per heavy atom. The summed E-state index contributed by atoms with van der Waals surface area (Å²) in [5, 5.41) is 8.13. The maximum Gasteiger partial charge on any atom is 0.129 e. The Bertz CT molecular complexity index is 476. The van der Waals surface area contributed by atoms with Crippen molar-refractivity contribution in [1.29, 1.82) is 0 Å². The quantitative estimate of drug-likeness (QED) is 0.891. The lowest BCUT2D eigenvalue weighted by molar-refractivity contribution is 0.470. The highest BCUT2D eigenvalue weighted by Crippen LogP contribution is 2.13. The van der Waals surface area contributed by atoms with Crippen LogP contribution in [0.25, 0.3) is 0 Å². The number of halogens is 1. The Labute approximate surface area is 106 Å². The average Bonchev–Trinajstić information content (AvgIpc) is 2.86. The zero-order valence-electron chi connectivity index (χ0n) is 9.98. The summed E-state index contributed by atoms with van der Waals surface area (Å²) < 4.78 is 7.23. The van der Waals surface area contributed by atoms with E-state index >= 15 is 0 Å². The minimum absolute atomic E-state index is 0.455. The molecule has 2 heterocycles. The number of rotatable bonds is 5. The minimum atomic E-state index is 0.455. The maximum absolute atomic E-state index is 5.82. The van der Waals surface area contributed by atoms with E-state index in [1.54, 1.807) is 23.3 Å². The van der Waals surface area contributed by atoms with Gasteiger partial charge in [-0.05, 0) is 6.07 Å². The molecule has 2 aromatic rings. The Morgan fingerprint density at radius 3 is 3.00 bits per heavy atom. The van der Waals surface area contributed by atoms with Gasteiger partial charge in [0, 0.05) is 24.3 Å². The molecule has 17 heavy (non-hydrogen) atoms. The van der Waals surface area contributed by atoms with Crippen molar-refractivity contribution >= 4 is 11.6 Å². The van der Waals surface area contributed by atoms with Gasteiger partial charge in [0.15, 0.2) is 0 Å². The van der Waals surface area contributed by atoms with Crippen molar-refractivity contribution in [3.63, 3.8) is 0 Å². The monoisotopic (exact) mass is 253 g/mol. The topological polar surface area (TPSA) is 43.0 Å². The number of furan rings is 1. The number of aromatic nitrogens is 2. The van der Waals surface area contributed by atoms with Gasteiger partial charge in [0.1, 0.15) is 5.76 Å². The molecule has 0 amide bonds. The van der Waals surface area contributed by atoms with E-state index in [2.05, 4.69) is 24.3 Å². The number of hydrogen-bond donors (Lipinski definition) is 1. The van der Waals surface area contributed by atoms with Crippen LogP contribution in [-0.2, 0) is 13.1 Å². The molecule has 0 saturated carbocycles. The third kappa shape index (κ3) is 3.35. The van der Waals surface area contributed by atoms with E-state index in [0.717, 1.165) is 17.9 Å². The third-order valence-corrected chi connectivity index (χ3v) is 2.64. The first-order valence-corrected chi connectivity index (χ1v) is 5.99. The average molecular weight is 254 g/mol. The van der Waals surface area contributed by atoms with Crippen LogP contribution in [0.4, 0.5) is 0 Å². The van der Waals surface area contributed by atoms with E-state index in [0.29, 0.717) is 17.6 Å². The molecule has 0 fully saturated rings. The van der Waals surface area contributed by atoms with E-state index in [4.69, 9.17) is 16.0 Å². The summed E-state index contributed by atoms with van der Waals surface area (Å²) >= 11 is 5.82. The van der Waals surface area contributed by atoms with E-state index in [-0.39, 0.29) is 0 Å². The SMILES string of the molecule is CC(C)NCc1ccoc1Cn1cc(Cl)cn1. The molecule has 0 saturated heterocycles. The van der Waals surface area contributed by atoms with Gasteiger partial charge in [-0.1, -0.05) is 25.4 Å². The molecular formula is C12H16ClN3O. The fourth-order valence-corrected chi connectivity index (χ4v) is 1.71. The highest BCUT2D eigenvalue weighted by atomic mass is 35.5. The zero-order chi connectivity index (χ0) is 12.3. The van der Waals surface area contributed by atoms with Crippen LogP contribution in [0.2, 0.25) is 5.02 Å². The van der Waals surface area contributed by atoms with Gasteiger partial charge in [-0.3, -0.25) is 4.68 Å². The number of hydrogen-bond acceptors (Lipinski definition) is 3. The minimum Gasteiger partial charge on any atom is -0.467 e. The largest absolute Gasteiger partial charge is 0.467 e. The summed E-state index contributed by atoms with van der Waals surface area (Å²) in [5.41, 5.74) is 1.16. The maximum atomic E-state index is 5.82. The van der Waals surface area contributed by atoms with Crippen LogP contribution in [0, 0.1) is 0 Å². The number of nitrogens with one attached hydrogen (secondary N) is 1. The van der Waals surface area contributed by atoms with Crippen molar-refractivity contribution in [2.45, 2.75) is 33.0 Å². The summed E-state index contributed by atoms with van der Waals surface area (Å²) in [5.74, 6) is 0.915. The first kappa shape index (κ1) is 12.2. The molecule has 0 bridgehead atoms. The van der Waals surface area contributed by atoms with E-state index < -0.39 is 0 Å². The van der Waals surface area contributed by atoms with Crippen molar-refractivity contribution < 1.29 is 4.42 Å². The normalized spacial score (nSPS) is 11.3. The van der Waals surface area contributed by atoms with Gasteiger partial charge in [-0.15, -0.1) is 0 Å². The Balaban J connectivity index is 2.03. The third-order valence-electron chi connectivity index (χ3n) is 2.45. The second-order valence-corrected chi connectivity index (χ2v) is 4.70. The molecule has 0 unspecified atom stereocenters. The summed E-state index contributed by atoms with van der Waals surface area (Å²) in [4.78, 5) is 0. The highest BCUT2D eigenvalue weighted by Gasteiger charge is 2.08. The Hall–Kier alpha value is -1.26. The molecular weight excluding hydrogens is 238 g/mol. The first-order valence-electron chi connectivity index (χ1n) is 5.61. The first-order chi connectivity index (χ1) is 8.15. The highest BCUT2D eigenvalue weighted by molar-refractivity contribution is 6.30. The van der Waals surface area contributed by atoms with Crippen LogP contribution >= 0.6 is 11.6 Å². The fraction of sp³-hybridized carbons (Fsp3) is 0.417. The molecule has 0 aliphatic carbocycles. The molecule has 0 spiro atoms. The molecule has 0 aliphatic rings. The molecule has 0 aliphatic heterocycles. The Kier molecular flexibility index (Phi) is 3.86. The van der Waals surface area contributed by atoms with Crippen LogP contribution in [0.15, 0.2) is 29.1 Å². The van der Waals surface area contributed by atoms with E-state index in [1.165, 1.54) is 0 Å². The van der Waals surface area contributed by atoms with Gasteiger partial charge in [0.2, 0.25) is 0 Å². The molecule has 1 N–H and O–H groups in total. The molecule has 0 aromatic carbocycles. The van der Waals surface area contributed by atoms with E-state index in [1.807, 2.05) is 6.07 Å². The van der Waals surface area contributed by atoms with Crippen molar-refractivity contribution in [3.8, 4) is 0 Å². The molecule has 2 rings (SSSR count). The number of nitrogens with zero attached hydrogens (tertiary/aromatic N) is 2. The van der Waals surface area contributed by atoms with E-state index in [9.17, 15) is 0 Å². The van der Waals surface area contributed by atoms with Crippen LogP contribution in [-0.4, -0.2) is 15.8 Å². The summed E-state index contributed by atoms with van der Waals surface area (Å²) in [7, 11) is 0. The second kappa shape index (κ2) is 5.38. The van der Waals surface area contributed by atoms with Crippen LogP contribution in [0.3, 0.4) is 0 Å². The smallest absolute Gasteiger partial charge is 0.129 e. The van der Waals surface area contributed by atoms with Gasteiger partial charge < -0.3 is 9.73 Å². The Morgan fingerprint density at radius 2 is 2.35 bits per heavy atom. The van der Waals surface area contributed by atoms with Crippen LogP contribution in [0.1, 0.15) is 25.2 Å². The van der Waals surface area contributed by atoms with Gasteiger partial charge in [-0.25, -0.2) is 0 Å². The lowest BCUT2D eigenvalue weighted by Gasteiger charge is -2.08. The van der Waals surface area contributed by atoms with Crippen LogP contribution in [0.5, 0.6) is 0 Å². The predicted octanol–water partition coefficient (Wildman–Crippen LogP) is 2.68.